The van der Waals surface area contributed by atoms with Gasteiger partial charge in [0, 0.05) is 12.5 Å². The van der Waals surface area contributed by atoms with Crippen molar-refractivity contribution in [2.24, 2.45) is 0 Å². The van der Waals surface area contributed by atoms with Crippen molar-refractivity contribution in [3.05, 3.63) is 22.3 Å². The molecule has 2 aromatic heterocycles. The zero-order valence-electron chi connectivity index (χ0n) is 9.48. The van der Waals surface area contributed by atoms with E-state index in [1.165, 1.54) is 0 Å². The van der Waals surface area contributed by atoms with Crippen molar-refractivity contribution >= 4 is 21.7 Å². The lowest BCUT2D eigenvalue weighted by Crippen LogP contribution is -2.11. The first-order valence-corrected chi connectivity index (χ1v) is 6.01. The largest absolute Gasteiger partial charge is 0.360 e. The van der Waals surface area contributed by atoms with Crippen LogP contribution in [0.1, 0.15) is 31.5 Å². The lowest BCUT2D eigenvalue weighted by atomic mass is 10.3. The molecule has 8 heteroatoms. The maximum Gasteiger partial charge on any atom is 0.196 e. The zero-order valence-corrected chi connectivity index (χ0v) is 11.1. The molecule has 0 aliphatic heterocycles. The number of hydrogen-bond donors (Lipinski definition) is 2. The third-order valence-corrected chi connectivity index (χ3v) is 2.58. The van der Waals surface area contributed by atoms with Crippen LogP contribution >= 0.6 is 15.9 Å². The van der Waals surface area contributed by atoms with Gasteiger partial charge in [0.05, 0.1) is 6.04 Å². The first-order valence-electron chi connectivity index (χ1n) is 5.22. The highest BCUT2D eigenvalue weighted by Gasteiger charge is 2.11. The lowest BCUT2D eigenvalue weighted by Gasteiger charge is -2.11. The van der Waals surface area contributed by atoms with Gasteiger partial charge in [-0.3, -0.25) is 0 Å². The molecule has 1 unspecified atom stereocenters. The van der Waals surface area contributed by atoms with E-state index in [1.807, 2.05) is 19.9 Å². The van der Waals surface area contributed by atoms with E-state index in [4.69, 9.17) is 0 Å². The van der Waals surface area contributed by atoms with E-state index >= 15 is 0 Å². The van der Waals surface area contributed by atoms with Gasteiger partial charge >= 0.3 is 0 Å². The summed E-state index contributed by atoms with van der Waals surface area (Å²) in [6.07, 6.45) is 0.782. The van der Waals surface area contributed by atoms with Crippen molar-refractivity contribution in [3.8, 4) is 0 Å². The molecule has 0 aliphatic carbocycles. The van der Waals surface area contributed by atoms with Gasteiger partial charge in [0.2, 0.25) is 0 Å². The maximum absolute atomic E-state index is 4.36. The number of H-pyrrole nitrogens is 1. The van der Waals surface area contributed by atoms with Gasteiger partial charge in [0.15, 0.2) is 5.82 Å². The number of nitrogens with one attached hydrogen (secondary N) is 2. The summed E-state index contributed by atoms with van der Waals surface area (Å²) in [5.74, 6) is 2.11. The first-order chi connectivity index (χ1) is 8.19. The Morgan fingerprint density at radius 2 is 2.29 bits per heavy atom. The van der Waals surface area contributed by atoms with Gasteiger partial charge in [-0.1, -0.05) is 12.1 Å². The quantitative estimate of drug-likeness (QED) is 0.831. The average molecular weight is 298 g/mol. The topological polar surface area (TPSA) is 92.3 Å². The average Bonchev–Trinajstić information content (AvgIpc) is 2.81. The van der Waals surface area contributed by atoms with Crippen LogP contribution in [-0.2, 0) is 6.42 Å². The number of tetrazole rings is 1. The maximum atomic E-state index is 4.36. The second-order valence-electron chi connectivity index (χ2n) is 3.48. The zero-order chi connectivity index (χ0) is 12.3. The van der Waals surface area contributed by atoms with Crippen LogP contribution in [0.5, 0.6) is 0 Å². The highest BCUT2D eigenvalue weighted by Crippen LogP contribution is 2.17. The number of rotatable bonds is 4. The van der Waals surface area contributed by atoms with Gasteiger partial charge in [-0.25, -0.2) is 9.97 Å². The van der Waals surface area contributed by atoms with E-state index in [-0.39, 0.29) is 6.04 Å². The summed E-state index contributed by atoms with van der Waals surface area (Å²) in [6.45, 7) is 3.95. The predicted molar refractivity (Wildman–Crippen MR) is 65.3 cm³/mol. The molecule has 2 aromatic rings. The minimum absolute atomic E-state index is 0.0692. The van der Waals surface area contributed by atoms with Crippen LogP contribution in [0, 0.1) is 0 Å². The van der Waals surface area contributed by atoms with Gasteiger partial charge < -0.3 is 5.32 Å². The predicted octanol–water partition coefficient (Wildman–Crippen LogP) is 1.49. The van der Waals surface area contributed by atoms with Crippen LogP contribution in [0.2, 0.25) is 0 Å². The normalized spacial score (nSPS) is 12.4. The minimum atomic E-state index is -0.0692. The van der Waals surface area contributed by atoms with Gasteiger partial charge in [-0.2, -0.15) is 5.21 Å². The number of hydrogen-bond acceptors (Lipinski definition) is 6. The Hall–Kier alpha value is -1.57. The second kappa shape index (κ2) is 5.17. The standard InChI is InChI=1S/C9H12BrN7/c1-3-7-12-6(10)4-8(13-7)11-5(2)9-14-16-17-15-9/h4-5H,3H2,1-2H3,(H,11,12,13)(H,14,15,16,17). The Morgan fingerprint density at radius 1 is 1.47 bits per heavy atom. The van der Waals surface area contributed by atoms with Gasteiger partial charge in [-0.15, -0.1) is 10.2 Å². The fraction of sp³-hybridized carbons (Fsp3) is 0.444. The second-order valence-corrected chi connectivity index (χ2v) is 4.29. The Labute approximate surface area is 107 Å². The van der Waals surface area contributed by atoms with Crippen LogP contribution in [0.15, 0.2) is 10.7 Å². The molecule has 0 aromatic carbocycles. The first kappa shape index (κ1) is 11.9. The summed E-state index contributed by atoms with van der Waals surface area (Å²) in [4.78, 5) is 8.60. The number of halogens is 1. The summed E-state index contributed by atoms with van der Waals surface area (Å²) >= 11 is 3.35. The Kier molecular flexibility index (Phi) is 3.62. The molecular weight excluding hydrogens is 286 g/mol. The van der Waals surface area contributed by atoms with Crippen molar-refractivity contribution in [1.29, 1.82) is 0 Å². The SMILES string of the molecule is CCc1nc(Br)cc(NC(C)c2nn[nH]n2)n1. The molecule has 0 fully saturated rings. The van der Waals surface area contributed by atoms with Gasteiger partial charge in [0.25, 0.3) is 0 Å². The molecule has 0 saturated carbocycles. The number of anilines is 1. The molecule has 0 bridgehead atoms. The summed E-state index contributed by atoms with van der Waals surface area (Å²) < 4.78 is 0.757. The van der Waals surface area contributed by atoms with Gasteiger partial charge in [0.1, 0.15) is 16.2 Å². The number of aromatic amines is 1. The van der Waals surface area contributed by atoms with E-state index in [9.17, 15) is 0 Å². The van der Waals surface area contributed by atoms with Crippen LogP contribution < -0.4 is 5.32 Å². The molecule has 1 atom stereocenters. The molecule has 90 valence electrons. The van der Waals surface area contributed by atoms with E-state index < -0.39 is 0 Å². The molecule has 2 heterocycles. The molecule has 0 aliphatic rings. The Bertz CT molecular complexity index is 484. The van der Waals surface area contributed by atoms with Crippen LogP contribution in [-0.4, -0.2) is 30.6 Å². The third-order valence-electron chi connectivity index (χ3n) is 2.17. The van der Waals surface area contributed by atoms with Crippen LogP contribution in [0.3, 0.4) is 0 Å². The molecule has 2 N–H and O–H groups in total. The number of nitrogens with zero attached hydrogens (tertiary/aromatic N) is 5. The molecule has 17 heavy (non-hydrogen) atoms. The fourth-order valence-corrected chi connectivity index (χ4v) is 1.76. The molecule has 7 nitrogen and oxygen atoms in total. The molecule has 0 spiro atoms. The van der Waals surface area contributed by atoms with E-state index in [1.54, 1.807) is 0 Å². The van der Waals surface area contributed by atoms with Crippen molar-refractivity contribution in [2.75, 3.05) is 5.32 Å². The minimum Gasteiger partial charge on any atom is -0.360 e. The Balaban J connectivity index is 2.15. The van der Waals surface area contributed by atoms with Crippen LogP contribution in [0.25, 0.3) is 0 Å². The molecule has 0 amide bonds. The van der Waals surface area contributed by atoms with Crippen LogP contribution in [0.4, 0.5) is 5.82 Å². The smallest absolute Gasteiger partial charge is 0.196 e. The summed E-state index contributed by atoms with van der Waals surface area (Å²) in [5.41, 5.74) is 0. The molecule has 0 radical (unpaired) electrons. The third kappa shape index (κ3) is 2.96. The summed E-state index contributed by atoms with van der Waals surface area (Å²) in [6, 6.07) is 1.75. The fourth-order valence-electron chi connectivity index (χ4n) is 1.34. The van der Waals surface area contributed by atoms with E-state index in [0.717, 1.165) is 22.7 Å². The number of aryl methyl sites for hydroxylation is 1. The Morgan fingerprint density at radius 3 is 2.94 bits per heavy atom. The highest BCUT2D eigenvalue weighted by molar-refractivity contribution is 9.10. The van der Waals surface area contributed by atoms with Crippen molar-refractivity contribution in [1.82, 2.24) is 30.6 Å². The molecular formula is C9H12BrN7. The summed E-state index contributed by atoms with van der Waals surface area (Å²) in [5, 5.41) is 17.0. The molecule has 0 saturated heterocycles. The lowest BCUT2D eigenvalue weighted by molar-refractivity contribution is 0.782. The van der Waals surface area contributed by atoms with E-state index in [2.05, 4.69) is 51.8 Å². The van der Waals surface area contributed by atoms with Crippen molar-refractivity contribution in [2.45, 2.75) is 26.3 Å². The highest BCUT2D eigenvalue weighted by atomic mass is 79.9. The monoisotopic (exact) mass is 297 g/mol. The number of aromatic nitrogens is 6. The van der Waals surface area contributed by atoms with E-state index in [0.29, 0.717) is 5.82 Å². The van der Waals surface area contributed by atoms with Crippen molar-refractivity contribution < 1.29 is 0 Å². The molecule has 2 rings (SSSR count). The van der Waals surface area contributed by atoms with Crippen molar-refractivity contribution in [3.63, 3.8) is 0 Å². The van der Waals surface area contributed by atoms with Gasteiger partial charge in [-0.05, 0) is 22.9 Å². The summed E-state index contributed by atoms with van der Waals surface area (Å²) in [7, 11) is 0.